The molecule has 0 bridgehead atoms. The summed E-state index contributed by atoms with van der Waals surface area (Å²) in [7, 11) is 0. The topological polar surface area (TPSA) is 64.7 Å². The summed E-state index contributed by atoms with van der Waals surface area (Å²) in [5.74, 6) is -0.241. The molecule has 0 aliphatic carbocycles. The predicted octanol–water partition coefficient (Wildman–Crippen LogP) is 2.98. The van der Waals surface area contributed by atoms with Crippen LogP contribution in [0.3, 0.4) is 0 Å². The zero-order chi connectivity index (χ0) is 17.1. The molecule has 0 fully saturated rings. The third kappa shape index (κ3) is 3.33. The molecule has 0 saturated carbocycles. The van der Waals surface area contributed by atoms with E-state index in [1.807, 2.05) is 49.0 Å². The summed E-state index contributed by atoms with van der Waals surface area (Å²) in [4.78, 5) is 12.3. The normalized spacial score (nSPS) is 10.8. The van der Waals surface area contributed by atoms with E-state index < -0.39 is 0 Å². The molecule has 24 heavy (non-hydrogen) atoms. The van der Waals surface area contributed by atoms with Crippen molar-refractivity contribution in [2.75, 3.05) is 0 Å². The van der Waals surface area contributed by atoms with Gasteiger partial charge in [-0.05, 0) is 38.1 Å². The molecule has 0 radical (unpaired) electrons. The lowest BCUT2D eigenvalue weighted by Gasteiger charge is -2.05. The third-order valence-electron chi connectivity index (χ3n) is 3.65. The second-order valence-electron chi connectivity index (χ2n) is 5.38. The van der Waals surface area contributed by atoms with Gasteiger partial charge in [-0.3, -0.25) is 9.48 Å². The monoisotopic (exact) mass is 343 g/mol. The fourth-order valence-electron chi connectivity index (χ4n) is 2.39. The predicted molar refractivity (Wildman–Crippen MR) is 92.4 cm³/mol. The van der Waals surface area contributed by atoms with E-state index in [2.05, 4.69) is 15.5 Å². The van der Waals surface area contributed by atoms with Crippen molar-refractivity contribution in [3.05, 3.63) is 64.7 Å². The second-order valence-corrected chi connectivity index (χ2v) is 5.79. The van der Waals surface area contributed by atoms with E-state index in [0.29, 0.717) is 17.3 Å². The molecule has 0 spiro atoms. The van der Waals surface area contributed by atoms with Crippen LogP contribution in [-0.2, 0) is 13.1 Å². The van der Waals surface area contributed by atoms with Gasteiger partial charge in [0.1, 0.15) is 0 Å². The Morgan fingerprint density at radius 3 is 2.75 bits per heavy atom. The van der Waals surface area contributed by atoms with Gasteiger partial charge in [-0.15, -0.1) is 0 Å². The number of nitrogens with one attached hydrogen (secondary N) is 1. The molecule has 0 aliphatic heterocycles. The Morgan fingerprint density at radius 1 is 1.25 bits per heavy atom. The Bertz CT molecular complexity index is 868. The van der Waals surface area contributed by atoms with Gasteiger partial charge < -0.3 is 5.32 Å². The van der Waals surface area contributed by atoms with Crippen LogP contribution in [0, 0.1) is 6.92 Å². The highest BCUT2D eigenvalue weighted by molar-refractivity contribution is 6.32. The van der Waals surface area contributed by atoms with Gasteiger partial charge in [0.25, 0.3) is 5.91 Å². The Morgan fingerprint density at radius 2 is 2.04 bits per heavy atom. The molecule has 3 rings (SSSR count). The van der Waals surface area contributed by atoms with Crippen molar-refractivity contribution in [1.29, 1.82) is 0 Å². The van der Waals surface area contributed by atoms with Crippen molar-refractivity contribution < 1.29 is 4.79 Å². The van der Waals surface area contributed by atoms with Crippen LogP contribution in [-0.4, -0.2) is 25.5 Å². The summed E-state index contributed by atoms with van der Waals surface area (Å²) in [6.07, 6.45) is 1.89. The van der Waals surface area contributed by atoms with Crippen molar-refractivity contribution in [3.63, 3.8) is 0 Å². The molecule has 124 valence electrons. The highest BCUT2D eigenvalue weighted by atomic mass is 35.5. The molecule has 3 aromatic rings. The number of benzene rings is 1. The minimum atomic E-state index is -0.241. The van der Waals surface area contributed by atoms with Crippen molar-refractivity contribution in [3.8, 4) is 5.69 Å². The average Bonchev–Trinajstić information content (AvgIpc) is 3.19. The summed E-state index contributed by atoms with van der Waals surface area (Å²) >= 11 is 6.20. The van der Waals surface area contributed by atoms with E-state index in [9.17, 15) is 4.79 Å². The van der Waals surface area contributed by atoms with E-state index in [1.54, 1.807) is 16.8 Å². The van der Waals surface area contributed by atoms with Crippen LogP contribution in [0.15, 0.2) is 42.6 Å². The maximum atomic E-state index is 12.3. The van der Waals surface area contributed by atoms with Crippen LogP contribution >= 0.6 is 11.6 Å². The summed E-state index contributed by atoms with van der Waals surface area (Å²) in [6.45, 7) is 5.06. The number of hydrogen-bond acceptors (Lipinski definition) is 3. The maximum absolute atomic E-state index is 12.3. The number of aryl methyl sites for hydroxylation is 2. The number of carbonyl (C=O) groups is 1. The van der Waals surface area contributed by atoms with Crippen LogP contribution in [0.2, 0.25) is 5.02 Å². The van der Waals surface area contributed by atoms with Crippen LogP contribution in [0.5, 0.6) is 0 Å². The van der Waals surface area contributed by atoms with Gasteiger partial charge in [-0.25, -0.2) is 4.68 Å². The number of amides is 1. The van der Waals surface area contributed by atoms with E-state index in [1.165, 1.54) is 0 Å². The first-order valence-corrected chi connectivity index (χ1v) is 8.08. The van der Waals surface area contributed by atoms with Crippen molar-refractivity contribution in [1.82, 2.24) is 24.9 Å². The molecule has 2 heterocycles. The van der Waals surface area contributed by atoms with E-state index in [4.69, 9.17) is 11.6 Å². The number of halogens is 1. The van der Waals surface area contributed by atoms with E-state index in [0.717, 1.165) is 23.6 Å². The first-order valence-electron chi connectivity index (χ1n) is 7.70. The lowest BCUT2D eigenvalue weighted by molar-refractivity contribution is 0.0945. The minimum Gasteiger partial charge on any atom is -0.345 e. The van der Waals surface area contributed by atoms with Crippen LogP contribution in [0.1, 0.15) is 28.8 Å². The zero-order valence-corrected chi connectivity index (χ0v) is 14.3. The van der Waals surface area contributed by atoms with Gasteiger partial charge in [0, 0.05) is 18.4 Å². The molecule has 6 nitrogen and oxygen atoms in total. The van der Waals surface area contributed by atoms with E-state index >= 15 is 0 Å². The third-order valence-corrected chi connectivity index (χ3v) is 3.97. The Kier molecular flexibility index (Phi) is 4.66. The minimum absolute atomic E-state index is 0.241. The number of carbonyl (C=O) groups excluding carboxylic acids is 1. The summed E-state index contributed by atoms with van der Waals surface area (Å²) in [6, 6.07) is 11.0. The number of hydrogen-bond donors (Lipinski definition) is 1. The molecule has 1 aromatic carbocycles. The Balaban J connectivity index is 1.74. The van der Waals surface area contributed by atoms with Gasteiger partial charge in [-0.1, -0.05) is 23.7 Å². The lowest BCUT2D eigenvalue weighted by atomic mass is 10.3. The number of para-hydroxylation sites is 1. The SMILES string of the molecule is CCn1ccc(CNC(=O)c2cc(C)n(-c3ccccc3Cl)n2)n1. The molecular weight excluding hydrogens is 326 g/mol. The van der Waals surface area contributed by atoms with Gasteiger partial charge in [-0.2, -0.15) is 10.2 Å². The second kappa shape index (κ2) is 6.88. The number of nitrogens with zero attached hydrogens (tertiary/aromatic N) is 4. The smallest absolute Gasteiger partial charge is 0.272 e. The standard InChI is InChI=1S/C17H18ClN5O/c1-3-22-9-8-13(20-22)11-19-17(24)15-10-12(2)23(21-15)16-7-5-4-6-14(16)18/h4-10H,3,11H2,1-2H3,(H,19,24). The van der Waals surface area contributed by atoms with Crippen molar-refractivity contribution in [2.24, 2.45) is 0 Å². The molecule has 7 heteroatoms. The van der Waals surface area contributed by atoms with Gasteiger partial charge in [0.2, 0.25) is 0 Å². The van der Waals surface area contributed by atoms with Crippen LogP contribution in [0.4, 0.5) is 0 Å². The highest BCUT2D eigenvalue weighted by Gasteiger charge is 2.14. The molecule has 1 N–H and O–H groups in total. The summed E-state index contributed by atoms with van der Waals surface area (Å²) in [5, 5.41) is 12.1. The lowest BCUT2D eigenvalue weighted by Crippen LogP contribution is -2.23. The molecule has 2 aromatic heterocycles. The quantitative estimate of drug-likeness (QED) is 0.774. The van der Waals surface area contributed by atoms with E-state index in [-0.39, 0.29) is 5.91 Å². The van der Waals surface area contributed by atoms with Gasteiger partial charge in [0.05, 0.1) is 22.9 Å². The van der Waals surface area contributed by atoms with Crippen molar-refractivity contribution in [2.45, 2.75) is 26.9 Å². The van der Waals surface area contributed by atoms with Crippen molar-refractivity contribution >= 4 is 17.5 Å². The van der Waals surface area contributed by atoms with Crippen LogP contribution in [0.25, 0.3) is 5.69 Å². The summed E-state index contributed by atoms with van der Waals surface area (Å²) in [5.41, 5.74) is 2.75. The first-order chi connectivity index (χ1) is 11.6. The van der Waals surface area contributed by atoms with Gasteiger partial charge >= 0.3 is 0 Å². The molecule has 0 unspecified atom stereocenters. The summed E-state index contributed by atoms with van der Waals surface area (Å²) < 4.78 is 3.49. The number of aromatic nitrogens is 4. The fourth-order valence-corrected chi connectivity index (χ4v) is 2.60. The highest BCUT2D eigenvalue weighted by Crippen LogP contribution is 2.21. The zero-order valence-electron chi connectivity index (χ0n) is 13.5. The largest absolute Gasteiger partial charge is 0.345 e. The molecular formula is C17H18ClN5O. The Hall–Kier alpha value is -2.60. The number of rotatable bonds is 5. The Labute approximate surface area is 145 Å². The van der Waals surface area contributed by atoms with Crippen LogP contribution < -0.4 is 5.32 Å². The molecule has 0 aliphatic rings. The fraction of sp³-hybridized carbons (Fsp3) is 0.235. The molecule has 0 saturated heterocycles. The van der Waals surface area contributed by atoms with Gasteiger partial charge in [0.15, 0.2) is 5.69 Å². The first kappa shape index (κ1) is 16.3. The molecule has 0 atom stereocenters. The molecule has 1 amide bonds. The maximum Gasteiger partial charge on any atom is 0.272 e. The average molecular weight is 344 g/mol.